The first-order valence-corrected chi connectivity index (χ1v) is 13.0. The van der Waals surface area contributed by atoms with Crippen LogP contribution in [0.2, 0.25) is 0 Å². The van der Waals surface area contributed by atoms with Gasteiger partial charge in [-0.25, -0.2) is 4.79 Å². The third-order valence-electron chi connectivity index (χ3n) is 5.82. The molecule has 0 fully saturated rings. The van der Waals surface area contributed by atoms with Crippen molar-refractivity contribution in [2.24, 2.45) is 28.1 Å². The first-order chi connectivity index (χ1) is 18.8. The van der Waals surface area contributed by atoms with Gasteiger partial charge in [-0.3, -0.25) is 24.2 Å². The van der Waals surface area contributed by atoms with Crippen molar-refractivity contribution in [2.45, 2.75) is 76.5 Å². The van der Waals surface area contributed by atoms with E-state index >= 15 is 0 Å². The van der Waals surface area contributed by atoms with Gasteiger partial charge in [0.25, 0.3) is 0 Å². The van der Waals surface area contributed by atoms with Gasteiger partial charge < -0.3 is 43.4 Å². The number of benzene rings is 1. The zero-order valence-electron chi connectivity index (χ0n) is 22.8. The van der Waals surface area contributed by atoms with Crippen LogP contribution in [0.25, 0.3) is 0 Å². The first-order valence-electron chi connectivity index (χ1n) is 13.0. The smallest absolute Gasteiger partial charge is 0.326 e. The van der Waals surface area contributed by atoms with Gasteiger partial charge >= 0.3 is 11.9 Å². The zero-order chi connectivity index (χ0) is 30.2. The van der Waals surface area contributed by atoms with Crippen LogP contribution in [0.5, 0.6) is 0 Å². The molecule has 4 atom stereocenters. The second kappa shape index (κ2) is 17.4. The van der Waals surface area contributed by atoms with Crippen LogP contribution in [-0.4, -0.2) is 76.5 Å². The number of carbonyl (C=O) groups is 5. The molecule has 14 nitrogen and oxygen atoms in total. The first kappa shape index (κ1) is 33.8. The molecule has 0 bridgehead atoms. The summed E-state index contributed by atoms with van der Waals surface area (Å²) >= 11 is 0. The van der Waals surface area contributed by atoms with E-state index in [2.05, 4.69) is 20.9 Å². The molecule has 222 valence electrons. The number of hydrogen-bond donors (Lipinski definition) is 8. The van der Waals surface area contributed by atoms with Gasteiger partial charge in [0, 0.05) is 19.4 Å². The molecule has 3 amide bonds. The number of carboxylic acid groups (broad SMARTS) is 2. The van der Waals surface area contributed by atoms with Crippen LogP contribution < -0.4 is 33.2 Å². The highest BCUT2D eigenvalue weighted by Gasteiger charge is 2.30. The van der Waals surface area contributed by atoms with Gasteiger partial charge in [0.05, 0.1) is 6.04 Å². The molecule has 14 heteroatoms. The molecule has 0 aliphatic carbocycles. The molecule has 1 aromatic carbocycles. The Kier molecular flexibility index (Phi) is 14.7. The Bertz CT molecular complexity index is 1030. The van der Waals surface area contributed by atoms with E-state index in [0.29, 0.717) is 12.0 Å². The lowest BCUT2D eigenvalue weighted by molar-refractivity contribution is -0.142. The van der Waals surface area contributed by atoms with Crippen LogP contribution in [0.4, 0.5) is 0 Å². The molecule has 0 spiro atoms. The number of hydrogen-bond acceptors (Lipinski definition) is 7. The second-order valence-corrected chi connectivity index (χ2v) is 9.83. The van der Waals surface area contributed by atoms with Crippen LogP contribution in [0.15, 0.2) is 35.3 Å². The summed E-state index contributed by atoms with van der Waals surface area (Å²) in [6, 6.07) is 3.95. The highest BCUT2D eigenvalue weighted by atomic mass is 16.4. The predicted octanol–water partition coefficient (Wildman–Crippen LogP) is -0.940. The minimum Gasteiger partial charge on any atom is -0.481 e. The summed E-state index contributed by atoms with van der Waals surface area (Å²) in [5.41, 5.74) is 17.3. The van der Waals surface area contributed by atoms with E-state index in [4.69, 9.17) is 22.3 Å². The molecule has 4 unspecified atom stereocenters. The van der Waals surface area contributed by atoms with Crippen molar-refractivity contribution in [3.05, 3.63) is 35.9 Å². The average molecular weight is 564 g/mol. The number of rotatable bonds is 18. The molecular weight excluding hydrogens is 522 g/mol. The van der Waals surface area contributed by atoms with Crippen LogP contribution >= 0.6 is 0 Å². The molecule has 0 aliphatic rings. The summed E-state index contributed by atoms with van der Waals surface area (Å²) in [4.78, 5) is 65.8. The van der Waals surface area contributed by atoms with Crippen molar-refractivity contribution in [2.75, 3.05) is 6.54 Å². The Morgan fingerprint density at radius 1 is 0.850 bits per heavy atom. The largest absolute Gasteiger partial charge is 0.481 e. The van der Waals surface area contributed by atoms with Gasteiger partial charge in [-0.05, 0) is 37.2 Å². The Hall–Kier alpha value is -4.20. The summed E-state index contributed by atoms with van der Waals surface area (Å²) in [6.07, 6.45) is -0.0716. The number of nitrogens with one attached hydrogen (secondary N) is 3. The number of aliphatic carboxylic acids is 2. The van der Waals surface area contributed by atoms with E-state index < -0.39 is 60.2 Å². The highest BCUT2D eigenvalue weighted by molar-refractivity contribution is 5.94. The molecule has 0 radical (unpaired) electrons. The van der Waals surface area contributed by atoms with Crippen molar-refractivity contribution in [3.8, 4) is 0 Å². The molecule has 0 aromatic heterocycles. The van der Waals surface area contributed by atoms with E-state index in [1.165, 1.54) is 0 Å². The van der Waals surface area contributed by atoms with E-state index in [0.717, 1.165) is 0 Å². The number of nitrogens with two attached hydrogens (primary N) is 3. The zero-order valence-corrected chi connectivity index (χ0v) is 22.8. The Labute approximate surface area is 233 Å². The summed E-state index contributed by atoms with van der Waals surface area (Å²) < 4.78 is 0. The number of nitrogens with zero attached hydrogens (tertiary/aromatic N) is 1. The van der Waals surface area contributed by atoms with E-state index in [1.54, 1.807) is 30.3 Å². The average Bonchev–Trinajstić information content (AvgIpc) is 2.87. The normalized spacial score (nSPS) is 13.8. The number of carbonyl (C=O) groups excluding carboxylic acids is 3. The molecule has 0 aliphatic heterocycles. The minimum absolute atomic E-state index is 0.00160. The Balaban J connectivity index is 3.10. The van der Waals surface area contributed by atoms with Gasteiger partial charge in [0.2, 0.25) is 17.7 Å². The summed E-state index contributed by atoms with van der Waals surface area (Å²) in [5, 5.41) is 26.2. The topological polar surface area (TPSA) is 252 Å². The molecule has 1 rings (SSSR count). The monoisotopic (exact) mass is 563 g/mol. The quantitative estimate of drug-likeness (QED) is 0.0618. The van der Waals surface area contributed by atoms with Crippen molar-refractivity contribution in [3.63, 3.8) is 0 Å². The van der Waals surface area contributed by atoms with Crippen molar-refractivity contribution >= 4 is 35.6 Å². The number of carboxylic acids is 2. The van der Waals surface area contributed by atoms with Gasteiger partial charge in [-0.2, -0.15) is 0 Å². The maximum Gasteiger partial charge on any atom is 0.326 e. The molecule has 40 heavy (non-hydrogen) atoms. The number of amides is 3. The Morgan fingerprint density at radius 3 is 1.93 bits per heavy atom. The molecule has 0 saturated carbocycles. The fraction of sp³-hybridized carbons (Fsp3) is 0.538. The molecular formula is C26H41N7O7. The van der Waals surface area contributed by atoms with Crippen molar-refractivity contribution in [1.82, 2.24) is 16.0 Å². The molecule has 0 saturated heterocycles. The predicted molar refractivity (Wildman–Crippen MR) is 148 cm³/mol. The number of guanidine groups is 1. The minimum atomic E-state index is -1.30. The van der Waals surface area contributed by atoms with Crippen molar-refractivity contribution in [1.29, 1.82) is 0 Å². The lowest BCUT2D eigenvalue weighted by Crippen LogP contribution is -2.57. The SMILES string of the molecule is CC(C)CC(N)C(=O)NC(CCC(=O)O)C(=O)NC(CCCN=C(N)N)C(=O)NC(Cc1ccccc1)C(=O)O. The van der Waals surface area contributed by atoms with Gasteiger partial charge in [-0.1, -0.05) is 44.2 Å². The van der Waals surface area contributed by atoms with Gasteiger partial charge in [0.1, 0.15) is 18.1 Å². The molecule has 1 aromatic rings. The summed E-state index contributed by atoms with van der Waals surface area (Å²) in [5.74, 6) is -4.74. The van der Waals surface area contributed by atoms with Crippen LogP contribution in [0, 0.1) is 5.92 Å². The van der Waals surface area contributed by atoms with Crippen LogP contribution in [0.3, 0.4) is 0 Å². The van der Waals surface area contributed by atoms with E-state index in [1.807, 2.05) is 13.8 Å². The molecule has 11 N–H and O–H groups in total. The van der Waals surface area contributed by atoms with Crippen LogP contribution in [-0.2, 0) is 30.4 Å². The highest BCUT2D eigenvalue weighted by Crippen LogP contribution is 2.08. The third-order valence-corrected chi connectivity index (χ3v) is 5.82. The lowest BCUT2D eigenvalue weighted by Gasteiger charge is -2.25. The fourth-order valence-corrected chi connectivity index (χ4v) is 3.80. The molecule has 0 heterocycles. The van der Waals surface area contributed by atoms with Crippen molar-refractivity contribution < 1.29 is 34.2 Å². The second-order valence-electron chi connectivity index (χ2n) is 9.83. The summed E-state index contributed by atoms with van der Waals surface area (Å²) in [6.45, 7) is 3.88. The third kappa shape index (κ3) is 13.6. The van der Waals surface area contributed by atoms with Gasteiger partial charge in [-0.15, -0.1) is 0 Å². The maximum atomic E-state index is 13.2. The lowest BCUT2D eigenvalue weighted by atomic mass is 10.0. The standard InChI is InChI=1S/C26H41N7O7/c1-15(2)13-17(27)22(36)31-19(10-11-21(34)35)24(38)32-18(9-6-12-30-26(28)29)23(37)33-20(25(39)40)14-16-7-4-3-5-8-16/h3-5,7-8,15,17-20H,6,9-14,27H2,1-2H3,(H,31,36)(H,32,38)(H,33,37)(H,34,35)(H,39,40)(H4,28,29,30). The Morgan fingerprint density at radius 2 is 1.40 bits per heavy atom. The van der Waals surface area contributed by atoms with E-state index in [9.17, 15) is 29.1 Å². The van der Waals surface area contributed by atoms with Gasteiger partial charge in [0.15, 0.2) is 5.96 Å². The van der Waals surface area contributed by atoms with E-state index in [-0.39, 0.29) is 44.1 Å². The maximum absolute atomic E-state index is 13.2. The number of aliphatic imine (C=N–C) groups is 1. The van der Waals surface area contributed by atoms with Crippen LogP contribution in [0.1, 0.15) is 51.5 Å². The fourth-order valence-electron chi connectivity index (χ4n) is 3.80. The summed E-state index contributed by atoms with van der Waals surface area (Å²) in [7, 11) is 0.